The normalized spacial score (nSPS) is 17.3. The molecule has 0 fully saturated rings. The molecule has 0 saturated heterocycles. The smallest absolute Gasteiger partial charge is 0.186 e. The van der Waals surface area contributed by atoms with E-state index in [0.29, 0.717) is 11.5 Å². The van der Waals surface area contributed by atoms with Crippen LogP contribution in [0.2, 0.25) is 0 Å². The molecule has 1 aliphatic carbocycles. The largest absolute Gasteiger partial charge is 0.290 e. The number of allylic oxidation sites excluding steroid dienone is 6. The summed E-state index contributed by atoms with van der Waals surface area (Å²) < 4.78 is 0. The minimum atomic E-state index is -0.122. The molecule has 0 aliphatic heterocycles. The van der Waals surface area contributed by atoms with Gasteiger partial charge in [0, 0.05) is 5.57 Å². The van der Waals surface area contributed by atoms with Gasteiger partial charge in [0.15, 0.2) is 11.6 Å². The highest BCUT2D eigenvalue weighted by Crippen LogP contribution is 2.08. The van der Waals surface area contributed by atoms with Crippen molar-refractivity contribution in [2.75, 3.05) is 0 Å². The second kappa shape index (κ2) is 3.99. The Bertz CT molecular complexity index is 317. The average Bonchev–Trinajstić information content (AvgIpc) is 2.06. The van der Waals surface area contributed by atoms with Gasteiger partial charge in [-0.2, -0.15) is 0 Å². The molecule has 0 radical (unpaired) electrons. The van der Waals surface area contributed by atoms with Crippen molar-refractivity contribution >= 4 is 11.6 Å². The Labute approximate surface area is 77.6 Å². The minimum Gasteiger partial charge on any atom is -0.290 e. The van der Waals surface area contributed by atoms with Crippen LogP contribution < -0.4 is 0 Å². The van der Waals surface area contributed by atoms with Crippen molar-refractivity contribution in [2.45, 2.75) is 13.8 Å². The van der Waals surface area contributed by atoms with Crippen LogP contribution >= 0.6 is 0 Å². The van der Waals surface area contributed by atoms with Gasteiger partial charge in [-0.1, -0.05) is 26.0 Å². The van der Waals surface area contributed by atoms with Crippen molar-refractivity contribution in [3.63, 3.8) is 0 Å². The van der Waals surface area contributed by atoms with Gasteiger partial charge < -0.3 is 0 Å². The number of hydrogen-bond donors (Lipinski definition) is 0. The molecule has 2 nitrogen and oxygen atoms in total. The molecule has 0 saturated carbocycles. The molecule has 0 N–H and O–H groups in total. The van der Waals surface area contributed by atoms with E-state index >= 15 is 0 Å². The van der Waals surface area contributed by atoms with Gasteiger partial charge in [0.25, 0.3) is 0 Å². The van der Waals surface area contributed by atoms with E-state index in [-0.39, 0.29) is 11.6 Å². The van der Waals surface area contributed by atoms with Crippen LogP contribution in [0.1, 0.15) is 13.8 Å². The molecule has 0 aromatic rings. The molecule has 0 atom stereocenters. The third-order valence-corrected chi connectivity index (χ3v) is 1.64. The molecule has 0 amide bonds. The first-order valence-corrected chi connectivity index (χ1v) is 4.26. The Kier molecular flexibility index (Phi) is 2.96. The summed E-state index contributed by atoms with van der Waals surface area (Å²) in [7, 11) is 0. The lowest BCUT2D eigenvalue weighted by Crippen LogP contribution is -2.05. The van der Waals surface area contributed by atoms with Crippen molar-refractivity contribution in [3.8, 4) is 0 Å². The van der Waals surface area contributed by atoms with Gasteiger partial charge in [0.2, 0.25) is 0 Å². The third kappa shape index (κ3) is 2.82. The maximum absolute atomic E-state index is 11.2. The molecule has 1 aliphatic rings. The summed E-state index contributed by atoms with van der Waals surface area (Å²) in [6.07, 6.45) is 7.56. The van der Waals surface area contributed by atoms with E-state index in [1.54, 1.807) is 6.08 Å². The van der Waals surface area contributed by atoms with E-state index in [0.717, 1.165) is 0 Å². The third-order valence-electron chi connectivity index (χ3n) is 1.64. The van der Waals surface area contributed by atoms with Crippen LogP contribution in [0.15, 0.2) is 36.0 Å². The zero-order chi connectivity index (χ0) is 9.84. The van der Waals surface area contributed by atoms with Crippen molar-refractivity contribution in [2.24, 2.45) is 5.92 Å². The Hall–Kier alpha value is -1.44. The minimum absolute atomic E-state index is 0.100. The maximum Gasteiger partial charge on any atom is 0.186 e. The Morgan fingerprint density at radius 3 is 2.54 bits per heavy atom. The number of hydrogen-bond acceptors (Lipinski definition) is 2. The fraction of sp³-hybridized carbons (Fsp3) is 0.273. The summed E-state index contributed by atoms with van der Waals surface area (Å²) in [5.74, 6) is 0.161. The predicted octanol–water partition coefficient (Wildman–Crippen LogP) is 1.83. The van der Waals surface area contributed by atoms with Crippen LogP contribution in [0.25, 0.3) is 0 Å². The highest BCUT2D eigenvalue weighted by atomic mass is 16.1. The van der Waals surface area contributed by atoms with Gasteiger partial charge in [-0.3, -0.25) is 9.59 Å². The quantitative estimate of drug-likeness (QED) is 0.601. The summed E-state index contributed by atoms with van der Waals surface area (Å²) in [4.78, 5) is 22.1. The number of carbonyl (C=O) groups is 2. The SMILES string of the molecule is CC(C)/C=C/C1=CC(=O)C=CC1=O. The molecule has 0 spiro atoms. The molecule has 13 heavy (non-hydrogen) atoms. The molecule has 2 heteroatoms. The standard InChI is InChI=1S/C11H12O2/c1-8(2)3-4-9-7-10(12)5-6-11(9)13/h3-8H,1-2H3/b4-3+. The highest BCUT2D eigenvalue weighted by Gasteiger charge is 2.09. The predicted molar refractivity (Wildman–Crippen MR) is 51.2 cm³/mol. The molecule has 0 aromatic carbocycles. The summed E-state index contributed by atoms with van der Waals surface area (Å²) >= 11 is 0. The highest BCUT2D eigenvalue weighted by molar-refractivity contribution is 6.18. The second-order valence-corrected chi connectivity index (χ2v) is 3.30. The first-order valence-electron chi connectivity index (χ1n) is 4.26. The Balaban J connectivity index is 2.80. The number of ketones is 2. The maximum atomic E-state index is 11.2. The molecule has 68 valence electrons. The van der Waals surface area contributed by atoms with Crippen molar-refractivity contribution < 1.29 is 9.59 Å². The lowest BCUT2D eigenvalue weighted by molar-refractivity contribution is -0.114. The van der Waals surface area contributed by atoms with Gasteiger partial charge in [0.1, 0.15) is 0 Å². The Morgan fingerprint density at radius 1 is 1.23 bits per heavy atom. The first-order chi connectivity index (χ1) is 6.09. The van der Waals surface area contributed by atoms with Gasteiger partial charge >= 0.3 is 0 Å². The van der Waals surface area contributed by atoms with Gasteiger partial charge in [-0.25, -0.2) is 0 Å². The average molecular weight is 176 g/mol. The molecule has 1 rings (SSSR count). The van der Waals surface area contributed by atoms with E-state index in [1.165, 1.54) is 18.2 Å². The van der Waals surface area contributed by atoms with E-state index in [4.69, 9.17) is 0 Å². The van der Waals surface area contributed by atoms with Crippen LogP contribution in [0.5, 0.6) is 0 Å². The fourth-order valence-corrected chi connectivity index (χ4v) is 0.953. The van der Waals surface area contributed by atoms with Crippen molar-refractivity contribution in [1.29, 1.82) is 0 Å². The van der Waals surface area contributed by atoms with Crippen molar-refractivity contribution in [1.82, 2.24) is 0 Å². The van der Waals surface area contributed by atoms with Gasteiger partial charge in [0.05, 0.1) is 0 Å². The molecule has 0 aromatic heterocycles. The summed E-state index contributed by atoms with van der Waals surface area (Å²) in [6, 6.07) is 0. The summed E-state index contributed by atoms with van der Waals surface area (Å²) in [5, 5.41) is 0. The van der Waals surface area contributed by atoms with Crippen molar-refractivity contribution in [3.05, 3.63) is 36.0 Å². The summed E-state index contributed by atoms with van der Waals surface area (Å²) in [5.41, 5.74) is 0.473. The van der Waals surface area contributed by atoms with Gasteiger partial charge in [-0.05, 0) is 24.1 Å². The Morgan fingerprint density at radius 2 is 1.92 bits per heavy atom. The zero-order valence-electron chi connectivity index (χ0n) is 7.78. The first kappa shape index (κ1) is 9.65. The zero-order valence-corrected chi connectivity index (χ0v) is 7.78. The molecule has 0 bridgehead atoms. The second-order valence-electron chi connectivity index (χ2n) is 3.30. The molecule has 0 heterocycles. The van der Waals surface area contributed by atoms with E-state index < -0.39 is 0 Å². The van der Waals surface area contributed by atoms with Gasteiger partial charge in [-0.15, -0.1) is 0 Å². The molecular formula is C11H12O2. The van der Waals surface area contributed by atoms with Crippen LogP contribution in [0.3, 0.4) is 0 Å². The van der Waals surface area contributed by atoms with E-state index in [2.05, 4.69) is 0 Å². The van der Waals surface area contributed by atoms with Crippen LogP contribution in [-0.4, -0.2) is 11.6 Å². The van der Waals surface area contributed by atoms with Crippen LogP contribution in [0, 0.1) is 5.92 Å². The monoisotopic (exact) mass is 176 g/mol. The van der Waals surface area contributed by atoms with E-state index in [1.807, 2.05) is 19.9 Å². The number of carbonyl (C=O) groups excluding carboxylic acids is 2. The van der Waals surface area contributed by atoms with Crippen LogP contribution in [-0.2, 0) is 9.59 Å². The van der Waals surface area contributed by atoms with E-state index in [9.17, 15) is 9.59 Å². The fourth-order valence-electron chi connectivity index (χ4n) is 0.953. The number of rotatable bonds is 2. The lowest BCUT2D eigenvalue weighted by atomic mass is 10.0. The lowest BCUT2D eigenvalue weighted by Gasteiger charge is -2.01. The van der Waals surface area contributed by atoms with Crippen LogP contribution in [0.4, 0.5) is 0 Å². The summed E-state index contributed by atoms with van der Waals surface area (Å²) in [6.45, 7) is 4.03. The topological polar surface area (TPSA) is 34.1 Å². The molecular weight excluding hydrogens is 164 g/mol. The molecule has 0 unspecified atom stereocenters.